The second kappa shape index (κ2) is 11.8. The third-order valence-electron chi connectivity index (χ3n) is 9.84. The molecule has 1 saturated carbocycles. The lowest BCUT2D eigenvalue weighted by atomic mass is 9.82. The van der Waals surface area contributed by atoms with Crippen LogP contribution >= 0.6 is 22.1 Å². The van der Waals surface area contributed by atoms with Crippen LogP contribution in [0.2, 0.25) is 0 Å². The third kappa shape index (κ3) is 5.65. The molecule has 5 unspecified atom stereocenters. The Labute approximate surface area is 272 Å². The number of nitrogens with two attached hydrogens (primary N) is 1. The molecule has 10 nitrogen and oxygen atoms in total. The number of amidine groups is 1. The molecule has 3 aromatic rings. The third-order valence-corrected chi connectivity index (χ3v) is 11.7. The summed E-state index contributed by atoms with van der Waals surface area (Å²) in [5, 5.41) is 8.54. The average molecular weight is 641 g/mol. The predicted molar refractivity (Wildman–Crippen MR) is 190 cm³/mol. The van der Waals surface area contributed by atoms with Crippen LogP contribution in [-0.4, -0.2) is 72.2 Å². The maximum Gasteiger partial charge on any atom is 0.158 e. The summed E-state index contributed by atoms with van der Waals surface area (Å²) in [6.45, 7) is 10.1. The Morgan fingerprint density at radius 2 is 1.82 bits per heavy atom. The zero-order chi connectivity index (χ0) is 31.5. The number of hydrogen-bond donors (Lipinski definition) is 4. The molecule has 0 radical (unpaired) electrons. The van der Waals surface area contributed by atoms with Crippen LogP contribution in [0, 0.1) is 0 Å². The molecule has 0 aromatic carbocycles. The molecule has 0 spiro atoms. The molecule has 5 aliphatic rings. The van der Waals surface area contributed by atoms with Crippen LogP contribution < -0.4 is 16.4 Å². The Hall–Kier alpha value is -3.37. The van der Waals surface area contributed by atoms with Crippen molar-refractivity contribution in [3.8, 4) is 0 Å². The molecule has 7 heterocycles. The number of nitrogens with zero attached hydrogens (tertiary/aromatic N) is 7. The van der Waals surface area contributed by atoms with Gasteiger partial charge in [-0.05, 0) is 88.9 Å². The molecule has 45 heavy (non-hydrogen) atoms. The van der Waals surface area contributed by atoms with E-state index in [1.165, 1.54) is 5.56 Å². The van der Waals surface area contributed by atoms with E-state index in [1.807, 2.05) is 31.3 Å². The zero-order valence-corrected chi connectivity index (χ0v) is 28.0. The first-order valence-corrected chi connectivity index (χ1v) is 16.6. The molecule has 234 valence electrons. The SMILES string of the molecule is C=N/C=C(/N/C(C)=C\C(N)=Nc1cc2ncccc2c(NC2CC3N4C(C2)C34P)n1)c1ncccc1C1CC(C)N(S)C(C)C1. The van der Waals surface area contributed by atoms with Gasteiger partial charge in [0.1, 0.15) is 11.7 Å². The first kappa shape index (κ1) is 30.3. The van der Waals surface area contributed by atoms with Gasteiger partial charge in [0.05, 0.1) is 28.4 Å². The first-order chi connectivity index (χ1) is 21.7. The normalized spacial score (nSPS) is 33.0. The van der Waals surface area contributed by atoms with Crippen molar-refractivity contribution >= 4 is 62.8 Å². The van der Waals surface area contributed by atoms with Crippen LogP contribution in [0.15, 0.2) is 70.7 Å². The summed E-state index contributed by atoms with van der Waals surface area (Å²) < 4.78 is 2.15. The number of anilines is 1. The minimum Gasteiger partial charge on any atom is -0.384 e. The lowest BCUT2D eigenvalue weighted by Crippen LogP contribution is -2.40. The maximum atomic E-state index is 6.47. The fraction of sp³-hybridized carbons (Fsp3) is 0.424. The van der Waals surface area contributed by atoms with Crippen molar-refractivity contribution in [2.75, 3.05) is 5.32 Å². The number of nitrogens with one attached hydrogen (secondary N) is 2. The van der Waals surface area contributed by atoms with E-state index in [-0.39, 0.29) is 0 Å². The van der Waals surface area contributed by atoms with Gasteiger partial charge in [0.25, 0.3) is 0 Å². The summed E-state index contributed by atoms with van der Waals surface area (Å²) in [4.78, 5) is 25.6. The first-order valence-electron chi connectivity index (χ1n) is 15.6. The van der Waals surface area contributed by atoms with Crippen molar-refractivity contribution in [1.29, 1.82) is 0 Å². The minimum atomic E-state index is 0.324. The van der Waals surface area contributed by atoms with Crippen LogP contribution in [-0.2, 0) is 0 Å². The van der Waals surface area contributed by atoms with E-state index in [9.17, 15) is 0 Å². The Morgan fingerprint density at radius 1 is 1.13 bits per heavy atom. The standard InChI is InChI=1S/C33H41N10PS/c1-18(38-26(17-35-4)31-23(7-5-10-37-31)21-12-19(2)43(45)20(3)13-21)11-29(34)40-30-16-25-24(8-6-9-36-25)32(41-30)39-22-14-27-33(44)28(15-22)42(27)33/h5-11,16-17,19-22,27-28,38,45H,4,12-15,44H2,1-3H3,(H3,34,39,40,41)/b18-11-,26-17+. The second-order valence-electron chi connectivity index (χ2n) is 12.9. The van der Waals surface area contributed by atoms with Gasteiger partial charge >= 0.3 is 0 Å². The average Bonchev–Trinajstić information content (AvgIpc) is 3.86. The number of thiol groups is 1. The van der Waals surface area contributed by atoms with Crippen LogP contribution in [0.25, 0.3) is 16.6 Å². The van der Waals surface area contributed by atoms with Crippen LogP contribution in [0.3, 0.4) is 0 Å². The van der Waals surface area contributed by atoms with Crippen LogP contribution in [0.1, 0.15) is 63.6 Å². The van der Waals surface area contributed by atoms with E-state index in [4.69, 9.17) is 28.5 Å². The van der Waals surface area contributed by atoms with Crippen molar-refractivity contribution in [3.63, 3.8) is 0 Å². The molecule has 4 N–H and O–H groups in total. The molecular formula is C33H41N10PS. The maximum absolute atomic E-state index is 6.47. The number of rotatable bonds is 9. The van der Waals surface area contributed by atoms with E-state index in [0.29, 0.717) is 53.1 Å². The van der Waals surface area contributed by atoms with E-state index in [0.717, 1.165) is 59.5 Å². The van der Waals surface area contributed by atoms with Gasteiger partial charge in [-0.1, -0.05) is 18.9 Å². The molecule has 1 aliphatic carbocycles. The van der Waals surface area contributed by atoms with Gasteiger partial charge in [-0.25, -0.2) is 14.3 Å². The molecule has 3 aromatic heterocycles. The number of pyridine rings is 3. The van der Waals surface area contributed by atoms with Gasteiger partial charge in [-0.15, -0.1) is 9.24 Å². The highest BCUT2D eigenvalue weighted by atomic mass is 32.1. The number of allylic oxidation sites excluding steroid dienone is 1. The highest BCUT2D eigenvalue weighted by molar-refractivity contribution is 7.77. The Bertz CT molecular complexity index is 1710. The monoisotopic (exact) mass is 640 g/mol. The van der Waals surface area contributed by atoms with Crippen molar-refractivity contribution in [2.24, 2.45) is 15.7 Å². The van der Waals surface area contributed by atoms with Crippen molar-refractivity contribution in [2.45, 2.75) is 87.9 Å². The van der Waals surface area contributed by atoms with E-state index in [2.05, 4.69) is 76.7 Å². The molecule has 8 rings (SSSR count). The zero-order valence-electron chi connectivity index (χ0n) is 25.9. The highest BCUT2D eigenvalue weighted by Crippen LogP contribution is 2.73. The van der Waals surface area contributed by atoms with Gasteiger partial charge in [0.15, 0.2) is 5.82 Å². The van der Waals surface area contributed by atoms with Crippen molar-refractivity contribution in [3.05, 3.63) is 72.0 Å². The summed E-state index contributed by atoms with van der Waals surface area (Å²) in [7, 11) is 3.05. The van der Waals surface area contributed by atoms with Gasteiger partial charge in [-0.3, -0.25) is 19.9 Å². The molecule has 0 amide bonds. The fourth-order valence-corrected chi connectivity index (χ4v) is 8.62. The Kier molecular flexibility index (Phi) is 7.92. The molecular weight excluding hydrogens is 599 g/mol. The second-order valence-corrected chi connectivity index (χ2v) is 14.3. The molecule has 2 bridgehead atoms. The number of fused-ring (bicyclic) bond motifs is 3. The quantitative estimate of drug-likeness (QED) is 0.0827. The number of aromatic nitrogens is 3. The van der Waals surface area contributed by atoms with Crippen molar-refractivity contribution in [1.82, 2.24) is 29.5 Å². The van der Waals surface area contributed by atoms with Crippen LogP contribution in [0.5, 0.6) is 0 Å². The van der Waals surface area contributed by atoms with E-state index in [1.54, 1.807) is 18.5 Å². The summed E-state index contributed by atoms with van der Waals surface area (Å²) in [6.07, 6.45) is 11.3. The molecule has 5 atom stereocenters. The number of aliphatic imine (C=N–C) groups is 2. The van der Waals surface area contributed by atoms with Gasteiger partial charge in [0, 0.05) is 59.8 Å². The smallest absolute Gasteiger partial charge is 0.158 e. The summed E-state index contributed by atoms with van der Waals surface area (Å²) in [6, 6.07) is 12.5. The van der Waals surface area contributed by atoms with E-state index >= 15 is 0 Å². The van der Waals surface area contributed by atoms with Gasteiger partial charge < -0.3 is 16.4 Å². The minimum absolute atomic E-state index is 0.324. The molecule has 4 aliphatic heterocycles. The van der Waals surface area contributed by atoms with Gasteiger partial charge in [-0.2, -0.15) is 0 Å². The summed E-state index contributed by atoms with van der Waals surface area (Å²) in [5.41, 5.74) is 10.9. The van der Waals surface area contributed by atoms with Gasteiger partial charge in [0.2, 0.25) is 0 Å². The largest absolute Gasteiger partial charge is 0.384 e. The number of hydrogen-bond acceptors (Lipinski definition) is 10. The van der Waals surface area contributed by atoms with Crippen molar-refractivity contribution < 1.29 is 0 Å². The molecule has 12 heteroatoms. The lowest BCUT2D eigenvalue weighted by molar-refractivity contribution is 0.204. The summed E-state index contributed by atoms with van der Waals surface area (Å²) >= 11 is 4.70. The fourth-order valence-electron chi connectivity index (χ4n) is 7.62. The number of piperidine rings is 2. The van der Waals surface area contributed by atoms with Crippen LogP contribution in [0.4, 0.5) is 11.6 Å². The predicted octanol–water partition coefficient (Wildman–Crippen LogP) is 5.22. The highest BCUT2D eigenvalue weighted by Gasteiger charge is 2.84. The Morgan fingerprint density at radius 3 is 2.53 bits per heavy atom. The lowest BCUT2D eigenvalue weighted by Gasteiger charge is -2.39. The Balaban J connectivity index is 1.11. The topological polar surface area (TPSA) is 120 Å². The van der Waals surface area contributed by atoms with E-state index < -0.39 is 0 Å². The molecule has 5 fully saturated rings. The molecule has 4 saturated heterocycles. The summed E-state index contributed by atoms with van der Waals surface area (Å²) in [5.74, 6) is 1.99.